The predicted octanol–water partition coefficient (Wildman–Crippen LogP) is -1.04. The molecule has 35 heavy (non-hydrogen) atoms. The summed E-state index contributed by atoms with van der Waals surface area (Å²) in [5.74, 6) is 0. The van der Waals surface area contributed by atoms with E-state index in [0.29, 0.717) is 4.57 Å². The molecule has 6 atom stereocenters. The zero-order valence-corrected chi connectivity index (χ0v) is 18.5. The fraction of sp³-hybridized carbons (Fsp3) is 0.600. The highest BCUT2D eigenvalue weighted by Crippen LogP contribution is 2.35. The molecule has 0 spiro atoms. The molecule has 3 N–H and O–H groups in total. The van der Waals surface area contributed by atoms with Crippen molar-refractivity contribution in [1.82, 2.24) is 18.7 Å². The number of azide groups is 1. The van der Waals surface area contributed by atoms with Crippen LogP contribution >= 0.6 is 0 Å². The minimum Gasteiger partial charge on any atom is -0.394 e. The fourth-order valence-corrected chi connectivity index (χ4v) is 4.45. The van der Waals surface area contributed by atoms with Crippen LogP contribution in [0.2, 0.25) is 0 Å². The number of hydrogen-bond donors (Lipinski definition) is 3. The van der Waals surface area contributed by atoms with Gasteiger partial charge in [0, 0.05) is 45.4 Å². The number of aromatic amines is 1. The number of aryl methyl sites for hydroxylation is 2. The highest BCUT2D eigenvalue weighted by atomic mass is 16.5. The van der Waals surface area contributed by atoms with Crippen molar-refractivity contribution in [2.45, 2.75) is 63.4 Å². The van der Waals surface area contributed by atoms with E-state index in [2.05, 4.69) is 15.0 Å². The van der Waals surface area contributed by atoms with Gasteiger partial charge >= 0.3 is 11.4 Å². The first-order chi connectivity index (χ1) is 17.9. The molecular formula is C20H25N7O8. The molecule has 4 rings (SSSR count). The maximum atomic E-state index is 13.6. The fourth-order valence-electron chi connectivity index (χ4n) is 4.45. The molecule has 0 aliphatic carbocycles. The third-order valence-electron chi connectivity index (χ3n) is 6.21. The van der Waals surface area contributed by atoms with Crippen molar-refractivity contribution < 1.29 is 23.8 Å². The van der Waals surface area contributed by atoms with Crippen molar-refractivity contribution >= 4 is 0 Å². The van der Waals surface area contributed by atoms with Crippen molar-refractivity contribution in [3.8, 4) is 0 Å². The molecule has 2 aliphatic heterocycles. The van der Waals surface area contributed by atoms with E-state index in [-0.39, 0.29) is 18.4 Å². The van der Waals surface area contributed by atoms with Crippen LogP contribution in [0.4, 0.5) is 0 Å². The standard InChI is InChI=1S/C20H25N7O8/c1-9-5-25(19(32)22-17(9)30)16-4-12(14(8-29)35-16)27-18(31)10(2)6-26(20(27)33)15-3-11(23-24-21)13(7-28)34-15/h5-6,11-16,28-29H,3-4,7-8H2,1-2H3,(H,22,30,32)/t11?,12?,13-,14-,15+,16+/m0/s1/i2D3. The summed E-state index contributed by atoms with van der Waals surface area (Å²) in [5, 5.41) is 23.1. The molecule has 4 heterocycles. The molecule has 0 aromatic carbocycles. The van der Waals surface area contributed by atoms with E-state index in [9.17, 15) is 29.4 Å². The summed E-state index contributed by atoms with van der Waals surface area (Å²) in [6.07, 6.45) is -2.67. The van der Waals surface area contributed by atoms with E-state index in [4.69, 9.17) is 19.1 Å². The summed E-state index contributed by atoms with van der Waals surface area (Å²) in [5.41, 5.74) is 4.71. The topological polar surface area (TPSA) is 207 Å². The van der Waals surface area contributed by atoms with E-state index in [1.165, 1.54) is 13.1 Å². The largest absolute Gasteiger partial charge is 0.394 e. The van der Waals surface area contributed by atoms with Crippen LogP contribution in [0.5, 0.6) is 0 Å². The second-order valence-electron chi connectivity index (χ2n) is 8.32. The lowest BCUT2D eigenvalue weighted by atomic mass is 10.1. The average Bonchev–Trinajstić information content (AvgIpc) is 3.45. The zero-order valence-electron chi connectivity index (χ0n) is 21.5. The van der Waals surface area contributed by atoms with Gasteiger partial charge in [-0.3, -0.25) is 28.3 Å². The first-order valence-electron chi connectivity index (χ1n) is 12.2. The van der Waals surface area contributed by atoms with E-state index >= 15 is 0 Å². The number of aliphatic hydroxyl groups excluding tert-OH is 2. The van der Waals surface area contributed by atoms with Gasteiger partial charge in [-0.1, -0.05) is 5.11 Å². The van der Waals surface area contributed by atoms with Gasteiger partial charge in [0.15, 0.2) is 0 Å². The van der Waals surface area contributed by atoms with E-state index in [1.54, 1.807) is 0 Å². The van der Waals surface area contributed by atoms with Crippen molar-refractivity contribution in [3.63, 3.8) is 0 Å². The number of nitrogens with zero attached hydrogens (tertiary/aromatic N) is 6. The van der Waals surface area contributed by atoms with E-state index in [1.807, 2.05) is 0 Å². The number of nitrogens with one attached hydrogen (secondary N) is 1. The summed E-state index contributed by atoms with van der Waals surface area (Å²) in [6, 6.07) is -2.07. The minimum atomic E-state index is -2.95. The molecule has 0 saturated carbocycles. The third-order valence-corrected chi connectivity index (χ3v) is 6.21. The highest BCUT2D eigenvalue weighted by Gasteiger charge is 2.41. The molecule has 0 amide bonds. The summed E-state index contributed by atoms with van der Waals surface area (Å²) in [6.45, 7) is -2.72. The summed E-state index contributed by atoms with van der Waals surface area (Å²) >= 11 is 0. The number of hydrogen-bond acceptors (Lipinski definition) is 9. The number of ether oxygens (including phenoxy) is 2. The summed E-state index contributed by atoms with van der Waals surface area (Å²) in [4.78, 5) is 55.9. The number of aromatic nitrogens is 4. The number of H-pyrrole nitrogens is 1. The molecule has 0 radical (unpaired) electrons. The van der Waals surface area contributed by atoms with Gasteiger partial charge in [0.05, 0.1) is 31.4 Å². The maximum Gasteiger partial charge on any atom is 0.333 e. The van der Waals surface area contributed by atoms with Crippen molar-refractivity contribution in [3.05, 3.63) is 75.6 Å². The lowest BCUT2D eigenvalue weighted by molar-refractivity contribution is -0.0347. The third kappa shape index (κ3) is 4.35. The van der Waals surface area contributed by atoms with Crippen molar-refractivity contribution in [1.29, 1.82) is 0 Å². The van der Waals surface area contributed by atoms with Gasteiger partial charge in [-0.15, -0.1) is 0 Å². The smallest absolute Gasteiger partial charge is 0.333 e. The lowest BCUT2D eigenvalue weighted by Gasteiger charge is -2.22. The predicted molar refractivity (Wildman–Crippen MR) is 119 cm³/mol. The quantitative estimate of drug-likeness (QED) is 0.256. The molecule has 2 unspecified atom stereocenters. The first kappa shape index (κ1) is 20.8. The molecule has 2 fully saturated rings. The Morgan fingerprint density at radius 1 is 1.11 bits per heavy atom. The number of rotatable bonds is 6. The molecule has 0 bridgehead atoms. The molecule has 15 heteroatoms. The van der Waals surface area contributed by atoms with Crippen LogP contribution in [0.1, 0.15) is 46.6 Å². The van der Waals surface area contributed by atoms with Crippen molar-refractivity contribution in [2.24, 2.45) is 5.11 Å². The van der Waals surface area contributed by atoms with Crippen molar-refractivity contribution in [2.75, 3.05) is 13.2 Å². The molecule has 188 valence electrons. The second kappa shape index (κ2) is 9.64. The Morgan fingerprint density at radius 3 is 2.43 bits per heavy atom. The minimum absolute atomic E-state index is 0.0902. The van der Waals surface area contributed by atoms with Gasteiger partial charge < -0.3 is 19.7 Å². The Labute approximate surface area is 200 Å². The Bertz CT molecular complexity index is 1510. The number of aliphatic hydroxyl groups is 2. The monoisotopic (exact) mass is 494 g/mol. The van der Waals surface area contributed by atoms with Crippen LogP contribution < -0.4 is 22.5 Å². The van der Waals surface area contributed by atoms with Crippen LogP contribution in [0.15, 0.2) is 36.7 Å². The van der Waals surface area contributed by atoms with Gasteiger partial charge in [0.2, 0.25) is 0 Å². The lowest BCUT2D eigenvalue weighted by Crippen LogP contribution is -2.46. The molecule has 2 saturated heterocycles. The normalized spacial score (nSPS) is 29.9. The average molecular weight is 494 g/mol. The van der Waals surface area contributed by atoms with Gasteiger partial charge in [-0.25, -0.2) is 9.59 Å². The zero-order chi connectivity index (χ0) is 27.9. The van der Waals surface area contributed by atoms with Crippen LogP contribution in [-0.2, 0) is 9.47 Å². The molecule has 2 aromatic heterocycles. The van der Waals surface area contributed by atoms with Crippen LogP contribution in [0.25, 0.3) is 10.4 Å². The van der Waals surface area contributed by atoms with Gasteiger partial charge in [-0.05, 0) is 19.3 Å². The van der Waals surface area contributed by atoms with Crippen LogP contribution in [0.3, 0.4) is 0 Å². The first-order valence-corrected chi connectivity index (χ1v) is 10.7. The highest BCUT2D eigenvalue weighted by molar-refractivity contribution is 5.07. The van der Waals surface area contributed by atoms with E-state index in [0.717, 1.165) is 15.3 Å². The Hall–Kier alpha value is -3.49. The SMILES string of the molecule is [2H]C([2H])([2H])c1cn([C@H]2CC(N=[N+]=[N-])[C@H](CO)O2)c(=O)n(C2C[C@H](n3cc(C)c(=O)[nH]c3=O)O[C@H]2CO)c1=O. The van der Waals surface area contributed by atoms with E-state index < -0.39 is 84.9 Å². The van der Waals surface area contributed by atoms with Crippen LogP contribution in [0, 0.1) is 13.8 Å². The molecular weight excluding hydrogens is 466 g/mol. The van der Waals surface area contributed by atoms with Gasteiger partial charge in [0.1, 0.15) is 18.6 Å². The summed E-state index contributed by atoms with van der Waals surface area (Å²) < 4.78 is 37.5. The summed E-state index contributed by atoms with van der Waals surface area (Å²) in [7, 11) is 0. The van der Waals surface area contributed by atoms with Gasteiger partial charge in [-0.2, -0.15) is 0 Å². The Morgan fingerprint density at radius 2 is 1.77 bits per heavy atom. The molecule has 15 nitrogen and oxygen atoms in total. The second-order valence-corrected chi connectivity index (χ2v) is 8.32. The Balaban J connectivity index is 1.84. The Kier molecular flexibility index (Phi) is 5.74. The molecule has 2 aromatic rings. The maximum absolute atomic E-state index is 13.6. The van der Waals surface area contributed by atoms with Gasteiger partial charge in [0.25, 0.3) is 11.1 Å². The molecule has 2 aliphatic rings. The van der Waals surface area contributed by atoms with Crippen LogP contribution in [-0.4, -0.2) is 60.4 Å².